The Hall–Kier alpha value is -5.23. The van der Waals surface area contributed by atoms with E-state index in [-0.39, 0.29) is 24.0 Å². The van der Waals surface area contributed by atoms with Gasteiger partial charge in [-0.2, -0.15) is 18.2 Å². The third-order valence-corrected chi connectivity index (χ3v) is 5.87. The zero-order valence-electron chi connectivity index (χ0n) is 21.2. The van der Waals surface area contributed by atoms with Gasteiger partial charge in [-0.3, -0.25) is 9.97 Å². The minimum Gasteiger partial charge on any atom is -0.487 e. The summed E-state index contributed by atoms with van der Waals surface area (Å²) in [5, 5.41) is 0. The van der Waals surface area contributed by atoms with Gasteiger partial charge < -0.3 is 4.74 Å². The molecule has 6 nitrogen and oxygen atoms in total. The Balaban J connectivity index is 1.50. The lowest BCUT2D eigenvalue weighted by Crippen LogP contribution is -2.17. The minimum absolute atomic E-state index is 0.0375. The minimum atomic E-state index is -4.74. The summed E-state index contributed by atoms with van der Waals surface area (Å²) in [7, 11) is 0. The van der Waals surface area contributed by atoms with Gasteiger partial charge in [0.15, 0.2) is 5.82 Å². The summed E-state index contributed by atoms with van der Waals surface area (Å²) < 4.78 is 47.9. The molecule has 0 aliphatic rings. The fourth-order valence-electron chi connectivity index (χ4n) is 3.88. The molecule has 2 heterocycles. The van der Waals surface area contributed by atoms with E-state index in [0.29, 0.717) is 16.8 Å². The van der Waals surface area contributed by atoms with Crippen molar-refractivity contribution in [2.24, 2.45) is 0 Å². The Bertz CT molecular complexity index is 1750. The summed E-state index contributed by atoms with van der Waals surface area (Å²) in [4.78, 5) is 27.2. The van der Waals surface area contributed by atoms with Gasteiger partial charge in [-0.1, -0.05) is 41.7 Å². The molecular weight excluding hydrogens is 517 g/mol. The molecule has 5 rings (SSSR count). The summed E-state index contributed by atoms with van der Waals surface area (Å²) in [5.74, 6) is 5.67. The van der Waals surface area contributed by atoms with E-state index in [1.54, 1.807) is 48.7 Å². The molecule has 0 fully saturated rings. The fraction of sp³-hybridized carbons (Fsp3) is 0.0968. The number of nitrogens with zero attached hydrogens (tertiary/aromatic N) is 3. The number of aromatic nitrogens is 4. The number of nitrogens with one attached hydrogen (secondary N) is 1. The molecule has 2 aromatic heterocycles. The molecule has 0 radical (unpaired) electrons. The Labute approximate surface area is 227 Å². The van der Waals surface area contributed by atoms with Gasteiger partial charge in [-0.15, -0.1) is 0 Å². The molecule has 3 aromatic carbocycles. The van der Waals surface area contributed by atoms with Crippen LogP contribution in [-0.2, 0) is 12.8 Å². The van der Waals surface area contributed by atoms with E-state index < -0.39 is 23.0 Å². The number of rotatable bonds is 5. The number of halogens is 3. The van der Waals surface area contributed by atoms with Crippen LogP contribution in [0, 0.1) is 18.8 Å². The molecule has 198 valence electrons. The van der Waals surface area contributed by atoms with Crippen molar-refractivity contribution in [3.05, 3.63) is 130 Å². The zero-order valence-corrected chi connectivity index (χ0v) is 21.2. The molecule has 0 spiro atoms. The number of hydrogen-bond acceptors (Lipinski definition) is 5. The standard InChI is InChI=1S/C31H21F3N4O2/c1-20-8-10-21(11-9-20)12-13-22-14-16-23(17-15-22)28-36-29(38-30(39)37-28)27-25(31(32,33)34)6-4-7-26(27)40-19-24-5-2-3-18-35-24/h2-11,14-18H,19H2,1H3,(H,36,37,38,39). The topological polar surface area (TPSA) is 80.8 Å². The molecule has 0 amide bonds. The summed E-state index contributed by atoms with van der Waals surface area (Å²) in [6, 6.07) is 23.2. The van der Waals surface area contributed by atoms with Gasteiger partial charge in [0.05, 0.1) is 16.8 Å². The molecule has 0 aliphatic heterocycles. The van der Waals surface area contributed by atoms with Crippen molar-refractivity contribution in [2.45, 2.75) is 19.7 Å². The number of hydrogen-bond donors (Lipinski definition) is 1. The number of aryl methyl sites for hydroxylation is 1. The van der Waals surface area contributed by atoms with Gasteiger partial charge in [0.25, 0.3) is 0 Å². The molecule has 0 saturated carbocycles. The lowest BCUT2D eigenvalue weighted by molar-refractivity contribution is -0.137. The van der Waals surface area contributed by atoms with E-state index >= 15 is 0 Å². The van der Waals surface area contributed by atoms with E-state index in [0.717, 1.165) is 17.2 Å². The van der Waals surface area contributed by atoms with Crippen molar-refractivity contribution >= 4 is 0 Å². The van der Waals surface area contributed by atoms with Crippen molar-refractivity contribution in [3.63, 3.8) is 0 Å². The van der Waals surface area contributed by atoms with Crippen LogP contribution in [0.25, 0.3) is 22.8 Å². The monoisotopic (exact) mass is 538 g/mol. The predicted octanol–water partition coefficient (Wildman–Crippen LogP) is 6.20. The van der Waals surface area contributed by atoms with E-state index in [1.807, 2.05) is 31.2 Å². The van der Waals surface area contributed by atoms with Crippen LogP contribution in [0.5, 0.6) is 5.75 Å². The van der Waals surface area contributed by atoms with Gasteiger partial charge in [0, 0.05) is 22.9 Å². The average molecular weight is 539 g/mol. The van der Waals surface area contributed by atoms with Gasteiger partial charge in [0.1, 0.15) is 18.2 Å². The fourth-order valence-corrected chi connectivity index (χ4v) is 3.88. The number of benzene rings is 3. The van der Waals surface area contributed by atoms with Gasteiger partial charge >= 0.3 is 11.9 Å². The first-order chi connectivity index (χ1) is 19.3. The van der Waals surface area contributed by atoms with Crippen LogP contribution in [0.4, 0.5) is 13.2 Å². The summed E-state index contributed by atoms with van der Waals surface area (Å²) >= 11 is 0. The van der Waals surface area contributed by atoms with Gasteiger partial charge in [-0.25, -0.2) is 9.78 Å². The molecule has 0 saturated heterocycles. The second kappa shape index (κ2) is 11.3. The normalized spacial score (nSPS) is 11.0. The first-order valence-electron chi connectivity index (χ1n) is 12.2. The zero-order chi connectivity index (χ0) is 28.1. The van der Waals surface area contributed by atoms with Crippen LogP contribution in [0.2, 0.25) is 0 Å². The average Bonchev–Trinajstić information content (AvgIpc) is 2.95. The van der Waals surface area contributed by atoms with Crippen molar-refractivity contribution in [1.29, 1.82) is 0 Å². The van der Waals surface area contributed by atoms with Crippen LogP contribution in [0.1, 0.15) is 27.9 Å². The van der Waals surface area contributed by atoms with Crippen LogP contribution >= 0.6 is 0 Å². The number of H-pyrrole nitrogens is 1. The Kier molecular flexibility index (Phi) is 7.42. The van der Waals surface area contributed by atoms with Crippen LogP contribution in [0.15, 0.2) is 95.9 Å². The van der Waals surface area contributed by atoms with Gasteiger partial charge in [0.2, 0.25) is 0 Å². The number of ether oxygens (including phenoxy) is 1. The van der Waals surface area contributed by atoms with Gasteiger partial charge in [-0.05, 0) is 67.6 Å². The van der Waals surface area contributed by atoms with Crippen molar-refractivity contribution < 1.29 is 17.9 Å². The smallest absolute Gasteiger partial charge is 0.417 e. The molecular formula is C31H21F3N4O2. The van der Waals surface area contributed by atoms with Crippen molar-refractivity contribution in [2.75, 3.05) is 0 Å². The predicted molar refractivity (Wildman–Crippen MR) is 144 cm³/mol. The van der Waals surface area contributed by atoms with Crippen molar-refractivity contribution in [1.82, 2.24) is 19.9 Å². The molecule has 9 heteroatoms. The number of aromatic amines is 1. The Morgan fingerprint density at radius 1 is 0.850 bits per heavy atom. The van der Waals surface area contributed by atoms with Crippen LogP contribution < -0.4 is 10.4 Å². The van der Waals surface area contributed by atoms with E-state index in [4.69, 9.17) is 4.74 Å². The highest BCUT2D eigenvalue weighted by atomic mass is 19.4. The highest BCUT2D eigenvalue weighted by Crippen LogP contribution is 2.41. The third kappa shape index (κ3) is 6.25. The molecule has 40 heavy (non-hydrogen) atoms. The maximum Gasteiger partial charge on any atom is 0.417 e. The molecule has 5 aromatic rings. The molecule has 0 aliphatic carbocycles. The quantitative estimate of drug-likeness (QED) is 0.270. The first-order valence-corrected chi connectivity index (χ1v) is 12.2. The van der Waals surface area contributed by atoms with E-state index in [1.165, 1.54) is 12.1 Å². The lowest BCUT2D eigenvalue weighted by atomic mass is 10.0. The summed E-state index contributed by atoms with van der Waals surface area (Å²) in [5.41, 5.74) is 1.42. The lowest BCUT2D eigenvalue weighted by Gasteiger charge is -2.17. The maximum atomic E-state index is 14.0. The van der Waals surface area contributed by atoms with E-state index in [2.05, 4.69) is 31.8 Å². The SMILES string of the molecule is Cc1ccc(C#Cc2ccc(-c3nc(-c4c(OCc5ccccn5)cccc4C(F)(F)F)[nH]c(=O)n3)cc2)cc1. The molecule has 0 bridgehead atoms. The third-order valence-electron chi connectivity index (χ3n) is 5.87. The second-order valence-electron chi connectivity index (χ2n) is 8.81. The molecule has 1 N–H and O–H groups in total. The number of alkyl halides is 3. The summed E-state index contributed by atoms with van der Waals surface area (Å²) in [6.07, 6.45) is -3.18. The number of pyridine rings is 1. The maximum absolute atomic E-state index is 14.0. The second-order valence-corrected chi connectivity index (χ2v) is 8.81. The highest BCUT2D eigenvalue weighted by molar-refractivity contribution is 5.71. The largest absolute Gasteiger partial charge is 0.487 e. The molecule has 0 atom stereocenters. The molecule has 0 unspecified atom stereocenters. The van der Waals surface area contributed by atoms with Crippen molar-refractivity contribution in [3.8, 4) is 40.4 Å². The Morgan fingerprint density at radius 2 is 1.55 bits per heavy atom. The van der Waals surface area contributed by atoms with Crippen LogP contribution in [-0.4, -0.2) is 19.9 Å². The summed E-state index contributed by atoms with van der Waals surface area (Å²) in [6.45, 7) is 1.91. The van der Waals surface area contributed by atoms with Crippen LogP contribution in [0.3, 0.4) is 0 Å². The highest BCUT2D eigenvalue weighted by Gasteiger charge is 2.36. The van der Waals surface area contributed by atoms with E-state index in [9.17, 15) is 18.0 Å². The Morgan fingerprint density at radius 3 is 2.20 bits per heavy atom. The first kappa shape index (κ1) is 26.4.